The molecule has 0 bridgehead atoms. The first-order valence-corrected chi connectivity index (χ1v) is 6.01. The summed E-state index contributed by atoms with van der Waals surface area (Å²) in [6, 6.07) is 1.93. The van der Waals surface area contributed by atoms with Gasteiger partial charge in [-0.15, -0.1) is 12.4 Å². The fourth-order valence-electron chi connectivity index (χ4n) is 1.81. The minimum Gasteiger partial charge on any atom is -0.364 e. The van der Waals surface area contributed by atoms with Crippen molar-refractivity contribution < 1.29 is 8.78 Å². The lowest BCUT2D eigenvalue weighted by atomic mass is 10.2. The standard InChI is InChI=1S/C12H17F2N5.ClH/c1-8-4-12(17-18(8)3)15-5-10-6-16-19(9(10)2)7-11(13)14;/h4,6,11H,5,7H2,1-3H3,(H,15,17);1H. The summed E-state index contributed by atoms with van der Waals surface area (Å²) in [4.78, 5) is 0. The molecular weight excluding hydrogens is 288 g/mol. The van der Waals surface area contributed by atoms with Gasteiger partial charge in [-0.3, -0.25) is 9.36 Å². The lowest BCUT2D eigenvalue weighted by molar-refractivity contribution is 0.121. The molecule has 2 aromatic heterocycles. The molecule has 0 atom stereocenters. The highest BCUT2D eigenvalue weighted by atomic mass is 35.5. The molecule has 0 aromatic carbocycles. The second-order valence-corrected chi connectivity index (χ2v) is 4.48. The molecule has 112 valence electrons. The lowest BCUT2D eigenvalue weighted by Crippen LogP contribution is -2.10. The molecule has 5 nitrogen and oxygen atoms in total. The summed E-state index contributed by atoms with van der Waals surface area (Å²) in [5, 5.41) is 11.4. The third-order valence-corrected chi connectivity index (χ3v) is 3.09. The SMILES string of the molecule is Cc1cc(NCc2cnn(CC(F)F)c2C)nn1C.Cl. The third kappa shape index (κ3) is 3.69. The minimum atomic E-state index is -2.39. The van der Waals surface area contributed by atoms with Crippen LogP contribution >= 0.6 is 12.4 Å². The predicted octanol–water partition coefficient (Wildman–Crippen LogP) is 2.53. The number of anilines is 1. The largest absolute Gasteiger partial charge is 0.364 e. The molecule has 0 spiro atoms. The van der Waals surface area contributed by atoms with E-state index >= 15 is 0 Å². The maximum Gasteiger partial charge on any atom is 0.257 e. The Morgan fingerprint density at radius 2 is 2.05 bits per heavy atom. The second-order valence-electron chi connectivity index (χ2n) is 4.48. The van der Waals surface area contributed by atoms with Gasteiger partial charge in [0, 0.05) is 36.6 Å². The van der Waals surface area contributed by atoms with Crippen LogP contribution in [0.4, 0.5) is 14.6 Å². The van der Waals surface area contributed by atoms with E-state index in [4.69, 9.17) is 0 Å². The van der Waals surface area contributed by atoms with E-state index in [0.29, 0.717) is 6.54 Å². The summed E-state index contributed by atoms with van der Waals surface area (Å²) < 4.78 is 27.7. The Hall–Kier alpha value is -1.63. The van der Waals surface area contributed by atoms with E-state index in [1.165, 1.54) is 4.68 Å². The van der Waals surface area contributed by atoms with E-state index in [1.807, 2.05) is 20.0 Å². The molecular formula is C12H18ClF2N5. The van der Waals surface area contributed by atoms with Crippen molar-refractivity contribution in [2.45, 2.75) is 33.4 Å². The van der Waals surface area contributed by atoms with Gasteiger partial charge in [-0.2, -0.15) is 10.2 Å². The molecule has 20 heavy (non-hydrogen) atoms. The zero-order valence-corrected chi connectivity index (χ0v) is 12.4. The number of rotatable bonds is 5. The second kappa shape index (κ2) is 6.69. The topological polar surface area (TPSA) is 47.7 Å². The summed E-state index contributed by atoms with van der Waals surface area (Å²) in [7, 11) is 1.87. The van der Waals surface area contributed by atoms with Gasteiger partial charge >= 0.3 is 0 Å². The van der Waals surface area contributed by atoms with Crippen LogP contribution in [-0.4, -0.2) is 26.0 Å². The van der Waals surface area contributed by atoms with Crippen LogP contribution in [0.1, 0.15) is 17.0 Å². The highest BCUT2D eigenvalue weighted by Gasteiger charge is 2.11. The lowest BCUT2D eigenvalue weighted by Gasteiger charge is -2.05. The highest BCUT2D eigenvalue weighted by molar-refractivity contribution is 5.85. The molecule has 0 saturated heterocycles. The molecule has 8 heteroatoms. The average Bonchev–Trinajstić information content (AvgIpc) is 2.82. The molecule has 2 rings (SSSR count). The van der Waals surface area contributed by atoms with Crippen molar-refractivity contribution in [1.29, 1.82) is 0 Å². The Morgan fingerprint density at radius 1 is 1.35 bits per heavy atom. The van der Waals surface area contributed by atoms with Crippen molar-refractivity contribution in [3.63, 3.8) is 0 Å². The zero-order chi connectivity index (χ0) is 14.0. The van der Waals surface area contributed by atoms with E-state index in [-0.39, 0.29) is 19.0 Å². The number of aryl methyl sites for hydroxylation is 2. The van der Waals surface area contributed by atoms with Crippen LogP contribution in [0.5, 0.6) is 0 Å². The normalized spacial score (nSPS) is 10.7. The first-order chi connectivity index (χ1) is 8.97. The molecule has 0 amide bonds. The van der Waals surface area contributed by atoms with Gasteiger partial charge in [0.2, 0.25) is 0 Å². The average molecular weight is 306 g/mol. The van der Waals surface area contributed by atoms with Gasteiger partial charge in [-0.1, -0.05) is 0 Å². The van der Waals surface area contributed by atoms with Crippen molar-refractivity contribution in [2.24, 2.45) is 7.05 Å². The van der Waals surface area contributed by atoms with Crippen LogP contribution < -0.4 is 5.32 Å². The zero-order valence-electron chi connectivity index (χ0n) is 11.6. The number of hydrogen-bond acceptors (Lipinski definition) is 3. The number of hydrogen-bond donors (Lipinski definition) is 1. The van der Waals surface area contributed by atoms with Crippen LogP contribution in [0, 0.1) is 13.8 Å². The Kier molecular flexibility index (Phi) is 5.50. The molecule has 2 aromatic rings. The smallest absolute Gasteiger partial charge is 0.257 e. The summed E-state index contributed by atoms with van der Waals surface area (Å²) in [6.07, 6.45) is -0.779. The van der Waals surface area contributed by atoms with Crippen molar-refractivity contribution in [2.75, 3.05) is 5.32 Å². The first kappa shape index (κ1) is 16.4. The fourth-order valence-corrected chi connectivity index (χ4v) is 1.81. The Bertz CT molecular complexity index is 545. The summed E-state index contributed by atoms with van der Waals surface area (Å²) in [5.41, 5.74) is 2.69. The van der Waals surface area contributed by atoms with Crippen LogP contribution in [0.2, 0.25) is 0 Å². The van der Waals surface area contributed by atoms with Gasteiger partial charge in [0.25, 0.3) is 6.43 Å². The summed E-state index contributed by atoms with van der Waals surface area (Å²) in [6.45, 7) is 3.90. The summed E-state index contributed by atoms with van der Waals surface area (Å²) in [5.74, 6) is 0.765. The highest BCUT2D eigenvalue weighted by Crippen LogP contribution is 2.13. The molecule has 0 radical (unpaired) electrons. The van der Waals surface area contributed by atoms with Gasteiger partial charge in [-0.25, -0.2) is 8.78 Å². The van der Waals surface area contributed by atoms with Gasteiger partial charge in [0.15, 0.2) is 0 Å². The Labute approximate surface area is 122 Å². The van der Waals surface area contributed by atoms with Gasteiger partial charge in [0.05, 0.1) is 6.20 Å². The maximum atomic E-state index is 12.3. The van der Waals surface area contributed by atoms with Crippen LogP contribution in [-0.2, 0) is 20.1 Å². The molecule has 0 fully saturated rings. The first-order valence-electron chi connectivity index (χ1n) is 6.01. The van der Waals surface area contributed by atoms with Crippen LogP contribution in [0.25, 0.3) is 0 Å². The van der Waals surface area contributed by atoms with E-state index in [1.54, 1.807) is 17.8 Å². The van der Waals surface area contributed by atoms with Crippen LogP contribution in [0.3, 0.4) is 0 Å². The Balaban J connectivity index is 0.00000200. The van der Waals surface area contributed by atoms with Crippen molar-refractivity contribution >= 4 is 18.2 Å². The van der Waals surface area contributed by atoms with Gasteiger partial charge in [-0.05, 0) is 13.8 Å². The van der Waals surface area contributed by atoms with E-state index < -0.39 is 6.43 Å². The minimum absolute atomic E-state index is 0. The van der Waals surface area contributed by atoms with E-state index in [2.05, 4.69) is 15.5 Å². The van der Waals surface area contributed by atoms with Crippen LogP contribution in [0.15, 0.2) is 12.3 Å². The van der Waals surface area contributed by atoms with Gasteiger partial charge < -0.3 is 5.32 Å². The fraction of sp³-hybridized carbons (Fsp3) is 0.500. The molecule has 0 saturated carbocycles. The number of nitrogens with one attached hydrogen (secondary N) is 1. The van der Waals surface area contributed by atoms with Crippen molar-refractivity contribution in [3.8, 4) is 0 Å². The molecule has 2 heterocycles. The quantitative estimate of drug-likeness (QED) is 0.923. The molecule has 0 unspecified atom stereocenters. The number of aromatic nitrogens is 4. The maximum absolute atomic E-state index is 12.3. The number of nitrogens with zero attached hydrogens (tertiary/aromatic N) is 4. The third-order valence-electron chi connectivity index (χ3n) is 3.09. The summed E-state index contributed by atoms with van der Waals surface area (Å²) >= 11 is 0. The molecule has 0 aliphatic carbocycles. The number of halogens is 3. The monoisotopic (exact) mass is 305 g/mol. The number of alkyl halides is 2. The van der Waals surface area contributed by atoms with Crippen molar-refractivity contribution in [1.82, 2.24) is 19.6 Å². The Morgan fingerprint density at radius 3 is 2.60 bits per heavy atom. The molecule has 1 N–H and O–H groups in total. The van der Waals surface area contributed by atoms with Gasteiger partial charge in [0.1, 0.15) is 12.4 Å². The molecule has 0 aliphatic rings. The van der Waals surface area contributed by atoms with E-state index in [9.17, 15) is 8.78 Å². The molecule has 0 aliphatic heterocycles. The van der Waals surface area contributed by atoms with Crippen molar-refractivity contribution in [3.05, 3.63) is 29.2 Å². The van der Waals surface area contributed by atoms with E-state index in [0.717, 1.165) is 22.8 Å². The predicted molar refractivity (Wildman–Crippen MR) is 75.5 cm³/mol.